The largest absolute Gasteiger partial charge is 0.506 e. The van der Waals surface area contributed by atoms with E-state index in [0.29, 0.717) is 22.1 Å². The molecule has 0 aliphatic heterocycles. The van der Waals surface area contributed by atoms with Crippen LogP contribution in [0.5, 0.6) is 11.5 Å². The van der Waals surface area contributed by atoms with Gasteiger partial charge in [0, 0.05) is 22.1 Å². The van der Waals surface area contributed by atoms with Crippen molar-refractivity contribution >= 4 is 44.7 Å². The summed E-state index contributed by atoms with van der Waals surface area (Å²) in [6.07, 6.45) is 0. The van der Waals surface area contributed by atoms with Gasteiger partial charge in [-0.05, 0) is 47.2 Å². The third-order valence-electron chi connectivity index (χ3n) is 5.69. The van der Waals surface area contributed by atoms with Crippen molar-refractivity contribution in [3.8, 4) is 11.5 Å². The highest BCUT2D eigenvalue weighted by molar-refractivity contribution is 6.11. The molecule has 0 saturated heterocycles. The number of hydrogen-bond acceptors (Lipinski definition) is 4. The minimum atomic E-state index is -0.443. The lowest BCUT2D eigenvalue weighted by molar-refractivity contribution is 0.101. The predicted molar refractivity (Wildman–Crippen MR) is 134 cm³/mol. The van der Waals surface area contributed by atoms with Crippen LogP contribution in [0.4, 0.5) is 11.4 Å². The van der Waals surface area contributed by atoms with Crippen molar-refractivity contribution in [1.82, 2.24) is 0 Å². The summed E-state index contributed by atoms with van der Waals surface area (Å²) < 4.78 is 0. The summed E-state index contributed by atoms with van der Waals surface area (Å²) in [7, 11) is 0. The number of carbonyl (C=O) groups is 2. The smallest absolute Gasteiger partial charge is 0.259 e. The van der Waals surface area contributed by atoms with E-state index in [4.69, 9.17) is 0 Å². The third-order valence-corrected chi connectivity index (χ3v) is 5.69. The Kier molecular flexibility index (Phi) is 5.32. The molecule has 0 unspecified atom stereocenters. The van der Waals surface area contributed by atoms with Gasteiger partial charge >= 0.3 is 0 Å². The van der Waals surface area contributed by atoms with Crippen LogP contribution in [-0.2, 0) is 0 Å². The maximum atomic E-state index is 12.7. The molecule has 0 radical (unpaired) electrons. The number of anilines is 2. The van der Waals surface area contributed by atoms with Crippen LogP contribution in [-0.4, -0.2) is 22.0 Å². The summed E-state index contributed by atoms with van der Waals surface area (Å²) in [6, 6.07) is 27.9. The SMILES string of the molecule is O=C(Nc1ccc(NC(=O)c2ccc3ccccc3c2O)cc1)c1ccc2ccccc2c1O. The van der Waals surface area contributed by atoms with Crippen LogP contribution in [0.2, 0.25) is 0 Å². The molecule has 5 aromatic carbocycles. The van der Waals surface area contributed by atoms with Gasteiger partial charge in [0.2, 0.25) is 0 Å². The zero-order valence-electron chi connectivity index (χ0n) is 17.9. The molecule has 4 N–H and O–H groups in total. The number of carbonyl (C=O) groups excluding carboxylic acids is 2. The normalized spacial score (nSPS) is 10.8. The molecule has 0 atom stereocenters. The van der Waals surface area contributed by atoms with Gasteiger partial charge in [-0.25, -0.2) is 0 Å². The average Bonchev–Trinajstić information content (AvgIpc) is 2.86. The first-order valence-electron chi connectivity index (χ1n) is 10.7. The molecule has 0 aliphatic carbocycles. The van der Waals surface area contributed by atoms with Crippen molar-refractivity contribution in [3.05, 3.63) is 108 Å². The number of rotatable bonds is 4. The molecule has 0 spiro atoms. The number of phenols is 2. The van der Waals surface area contributed by atoms with Crippen LogP contribution in [0.1, 0.15) is 20.7 Å². The van der Waals surface area contributed by atoms with E-state index in [2.05, 4.69) is 10.6 Å². The quantitative estimate of drug-likeness (QED) is 0.275. The zero-order chi connectivity index (χ0) is 23.7. The Labute approximate surface area is 195 Å². The Bertz CT molecular complexity index is 1440. The fourth-order valence-electron chi connectivity index (χ4n) is 3.91. The minimum Gasteiger partial charge on any atom is -0.506 e. The maximum absolute atomic E-state index is 12.7. The Morgan fingerprint density at radius 1 is 0.500 bits per heavy atom. The molecular formula is C28H20N2O4. The van der Waals surface area contributed by atoms with Crippen molar-refractivity contribution in [2.45, 2.75) is 0 Å². The van der Waals surface area contributed by atoms with Crippen LogP contribution in [0.15, 0.2) is 97.1 Å². The van der Waals surface area contributed by atoms with Gasteiger partial charge in [-0.1, -0.05) is 60.7 Å². The number of fused-ring (bicyclic) bond motifs is 2. The molecule has 5 rings (SSSR count). The second kappa shape index (κ2) is 8.60. The van der Waals surface area contributed by atoms with Gasteiger partial charge in [0.15, 0.2) is 0 Å². The Balaban J connectivity index is 1.31. The van der Waals surface area contributed by atoms with E-state index in [0.717, 1.165) is 10.8 Å². The van der Waals surface area contributed by atoms with E-state index in [1.807, 2.05) is 24.3 Å². The molecule has 0 bridgehead atoms. The molecule has 34 heavy (non-hydrogen) atoms. The van der Waals surface area contributed by atoms with Gasteiger partial charge in [-0.15, -0.1) is 0 Å². The highest BCUT2D eigenvalue weighted by atomic mass is 16.3. The number of phenolic OH excluding ortho intramolecular Hbond substituents is 2. The van der Waals surface area contributed by atoms with Crippen LogP contribution < -0.4 is 10.6 Å². The zero-order valence-corrected chi connectivity index (χ0v) is 17.9. The first-order valence-corrected chi connectivity index (χ1v) is 10.7. The lowest BCUT2D eigenvalue weighted by atomic mass is 10.0. The molecule has 0 aliphatic rings. The second-order valence-electron chi connectivity index (χ2n) is 7.85. The van der Waals surface area contributed by atoms with Crippen LogP contribution in [0.3, 0.4) is 0 Å². The molecular weight excluding hydrogens is 428 g/mol. The fourth-order valence-corrected chi connectivity index (χ4v) is 3.91. The molecule has 0 fully saturated rings. The summed E-state index contributed by atoms with van der Waals surface area (Å²) in [4.78, 5) is 25.4. The Morgan fingerprint density at radius 2 is 0.882 bits per heavy atom. The van der Waals surface area contributed by atoms with Gasteiger partial charge in [0.1, 0.15) is 11.5 Å². The monoisotopic (exact) mass is 448 g/mol. The minimum absolute atomic E-state index is 0.0744. The van der Waals surface area contributed by atoms with E-state index >= 15 is 0 Å². The van der Waals surface area contributed by atoms with Crippen LogP contribution >= 0.6 is 0 Å². The topological polar surface area (TPSA) is 98.7 Å². The number of aromatic hydroxyl groups is 2. The predicted octanol–water partition coefficient (Wildman–Crippen LogP) is 5.91. The van der Waals surface area contributed by atoms with Crippen molar-refractivity contribution in [1.29, 1.82) is 0 Å². The molecule has 6 heteroatoms. The van der Waals surface area contributed by atoms with Gasteiger partial charge in [0.05, 0.1) is 11.1 Å². The summed E-state index contributed by atoms with van der Waals surface area (Å²) in [5, 5.41) is 29.4. The van der Waals surface area contributed by atoms with Crippen LogP contribution in [0, 0.1) is 0 Å². The lowest BCUT2D eigenvalue weighted by Gasteiger charge is -2.11. The van der Waals surface area contributed by atoms with Crippen LogP contribution in [0.25, 0.3) is 21.5 Å². The van der Waals surface area contributed by atoms with Crippen molar-refractivity contribution in [3.63, 3.8) is 0 Å². The number of hydrogen-bond donors (Lipinski definition) is 4. The lowest BCUT2D eigenvalue weighted by Crippen LogP contribution is -2.13. The molecule has 166 valence electrons. The second-order valence-corrected chi connectivity index (χ2v) is 7.85. The highest BCUT2D eigenvalue weighted by Crippen LogP contribution is 2.30. The van der Waals surface area contributed by atoms with Gasteiger partial charge in [-0.2, -0.15) is 0 Å². The van der Waals surface area contributed by atoms with E-state index < -0.39 is 11.8 Å². The molecule has 6 nitrogen and oxygen atoms in total. The molecule has 2 amide bonds. The van der Waals surface area contributed by atoms with E-state index in [1.165, 1.54) is 0 Å². The number of benzene rings is 5. The highest BCUT2D eigenvalue weighted by Gasteiger charge is 2.16. The summed E-state index contributed by atoms with van der Waals surface area (Å²) >= 11 is 0. The summed E-state index contributed by atoms with van der Waals surface area (Å²) in [6.45, 7) is 0. The van der Waals surface area contributed by atoms with Crippen molar-refractivity contribution < 1.29 is 19.8 Å². The Morgan fingerprint density at radius 3 is 1.29 bits per heavy atom. The molecule has 0 aromatic heterocycles. The van der Waals surface area contributed by atoms with Crippen molar-refractivity contribution in [2.24, 2.45) is 0 Å². The van der Waals surface area contributed by atoms with Gasteiger partial charge < -0.3 is 20.8 Å². The van der Waals surface area contributed by atoms with Gasteiger partial charge in [-0.3, -0.25) is 9.59 Å². The van der Waals surface area contributed by atoms with E-state index in [-0.39, 0.29) is 22.6 Å². The number of amides is 2. The molecule has 0 heterocycles. The molecule has 0 saturated carbocycles. The van der Waals surface area contributed by atoms with Crippen molar-refractivity contribution in [2.75, 3.05) is 10.6 Å². The first-order chi connectivity index (χ1) is 16.5. The van der Waals surface area contributed by atoms with Gasteiger partial charge in [0.25, 0.3) is 11.8 Å². The van der Waals surface area contributed by atoms with E-state index in [9.17, 15) is 19.8 Å². The summed E-state index contributed by atoms with van der Waals surface area (Å²) in [5.41, 5.74) is 1.35. The average molecular weight is 448 g/mol. The third kappa shape index (κ3) is 3.89. The Hall–Kier alpha value is -4.84. The fraction of sp³-hybridized carbons (Fsp3) is 0. The maximum Gasteiger partial charge on any atom is 0.259 e. The summed E-state index contributed by atoms with van der Waals surface area (Å²) in [5.74, 6) is -1.04. The van der Waals surface area contributed by atoms with E-state index in [1.54, 1.807) is 72.8 Å². The standard InChI is InChI=1S/C28H20N2O4/c31-25-21-7-3-1-5-17(21)9-15-23(25)27(33)29-19-11-13-20(14-12-19)30-28(34)24-16-10-18-6-2-4-8-22(18)26(24)32/h1-16,31-32H,(H,29,33)(H,30,34). The molecule has 5 aromatic rings. The first kappa shape index (κ1) is 21.0. The number of nitrogens with one attached hydrogen (secondary N) is 2.